The van der Waals surface area contributed by atoms with Crippen molar-refractivity contribution in [3.8, 4) is 0 Å². The number of amides is 5. The molecule has 0 radical (unpaired) electrons. The number of hydrogen-bond donors (Lipinski definition) is 3. The lowest BCUT2D eigenvalue weighted by Gasteiger charge is -2.24. The molecule has 162 valence electrons. The van der Waals surface area contributed by atoms with Gasteiger partial charge >= 0.3 is 6.03 Å². The van der Waals surface area contributed by atoms with Gasteiger partial charge in [0.15, 0.2) is 0 Å². The number of hydrogen-bond acceptors (Lipinski definition) is 5. The highest BCUT2D eigenvalue weighted by atomic mass is 35.5. The van der Waals surface area contributed by atoms with E-state index in [-0.39, 0.29) is 24.4 Å². The summed E-state index contributed by atoms with van der Waals surface area (Å²) in [6, 6.07) is 6.02. The van der Waals surface area contributed by atoms with Crippen molar-refractivity contribution in [2.75, 3.05) is 5.32 Å². The Labute approximate surface area is 187 Å². The Kier molecular flexibility index (Phi) is 5.97. The zero-order valence-electron chi connectivity index (χ0n) is 16.8. The first-order chi connectivity index (χ1) is 14.8. The fourth-order valence-corrected chi connectivity index (χ4v) is 4.96. The molecule has 1 aromatic carbocycles. The summed E-state index contributed by atoms with van der Waals surface area (Å²) >= 11 is 7.50. The van der Waals surface area contributed by atoms with Crippen LogP contribution in [0.25, 0.3) is 0 Å². The zero-order chi connectivity index (χ0) is 22.1. The third-order valence-corrected chi connectivity index (χ3v) is 6.87. The number of fused-ring (bicyclic) bond motifs is 1. The van der Waals surface area contributed by atoms with Gasteiger partial charge in [-0.05, 0) is 43.5 Å². The van der Waals surface area contributed by atoms with Crippen LogP contribution in [0.2, 0.25) is 5.02 Å². The monoisotopic (exact) mass is 460 g/mol. The maximum absolute atomic E-state index is 12.8. The van der Waals surface area contributed by atoms with E-state index < -0.39 is 11.9 Å². The van der Waals surface area contributed by atoms with Gasteiger partial charge in [-0.15, -0.1) is 11.3 Å². The summed E-state index contributed by atoms with van der Waals surface area (Å²) in [6.07, 6.45) is 1.32. The third-order valence-electron chi connectivity index (χ3n) is 5.34. The van der Waals surface area contributed by atoms with Crippen molar-refractivity contribution in [1.29, 1.82) is 0 Å². The lowest BCUT2D eigenvalue weighted by atomic mass is 10.1. The standard InChI is InChI=1S/C21H21ClN4O4S/c1-11-5-6-12(7-15(11)22)24-21(30)23-9-13-8-14-17(31-13)10-26(20(14)29)16-3-2-4-18(27)25-19(16)28/h5-8,16H,2-4,9-10H2,1H3,(H2,23,24,30)(H,25,27,28)/t16-/m0/s1. The number of benzene rings is 1. The molecule has 3 N–H and O–H groups in total. The molecule has 1 fully saturated rings. The summed E-state index contributed by atoms with van der Waals surface area (Å²) in [7, 11) is 0. The Morgan fingerprint density at radius 3 is 2.84 bits per heavy atom. The average Bonchev–Trinajstić information content (AvgIpc) is 3.19. The number of thiophene rings is 1. The summed E-state index contributed by atoms with van der Waals surface area (Å²) in [4.78, 5) is 52.1. The van der Waals surface area contributed by atoms with Crippen LogP contribution in [0.1, 0.15) is 44.9 Å². The molecule has 8 nitrogen and oxygen atoms in total. The zero-order valence-corrected chi connectivity index (χ0v) is 18.4. The molecule has 0 spiro atoms. The third kappa shape index (κ3) is 4.57. The minimum Gasteiger partial charge on any atom is -0.333 e. The molecule has 4 rings (SSSR count). The molecule has 0 unspecified atom stereocenters. The van der Waals surface area contributed by atoms with Gasteiger partial charge in [0.25, 0.3) is 5.91 Å². The van der Waals surface area contributed by atoms with E-state index in [2.05, 4.69) is 16.0 Å². The second kappa shape index (κ2) is 8.68. The topological polar surface area (TPSA) is 108 Å². The molecule has 3 heterocycles. The Balaban J connectivity index is 1.35. The second-order valence-electron chi connectivity index (χ2n) is 7.57. The molecule has 0 aliphatic carbocycles. The normalized spacial score (nSPS) is 18.5. The number of nitrogens with one attached hydrogen (secondary N) is 3. The fraction of sp³-hybridized carbons (Fsp3) is 0.333. The number of halogens is 1. The van der Waals surface area contributed by atoms with Crippen molar-refractivity contribution in [2.24, 2.45) is 0 Å². The number of carbonyl (C=O) groups excluding carboxylic acids is 4. The molecular formula is C21H21ClN4O4S. The highest BCUT2D eigenvalue weighted by molar-refractivity contribution is 7.12. The van der Waals surface area contributed by atoms with Gasteiger partial charge < -0.3 is 15.5 Å². The molecule has 1 atom stereocenters. The molecular weight excluding hydrogens is 440 g/mol. The van der Waals surface area contributed by atoms with E-state index in [9.17, 15) is 19.2 Å². The largest absolute Gasteiger partial charge is 0.333 e. The molecule has 2 aliphatic heterocycles. The number of rotatable bonds is 4. The van der Waals surface area contributed by atoms with Gasteiger partial charge in [-0.1, -0.05) is 17.7 Å². The SMILES string of the molecule is Cc1ccc(NC(=O)NCc2cc3c(s2)CN([C@H]2CCCC(=O)NC2=O)C3=O)cc1Cl. The highest BCUT2D eigenvalue weighted by Crippen LogP contribution is 2.33. The minimum absolute atomic E-state index is 0.217. The van der Waals surface area contributed by atoms with Gasteiger partial charge in [-0.25, -0.2) is 4.79 Å². The Morgan fingerprint density at radius 2 is 2.10 bits per heavy atom. The molecule has 1 aromatic heterocycles. The number of aryl methyl sites for hydroxylation is 1. The fourth-order valence-electron chi connectivity index (χ4n) is 3.68. The van der Waals surface area contributed by atoms with E-state index >= 15 is 0 Å². The van der Waals surface area contributed by atoms with Gasteiger partial charge in [-0.2, -0.15) is 0 Å². The first-order valence-electron chi connectivity index (χ1n) is 9.89. The average molecular weight is 461 g/mol. The van der Waals surface area contributed by atoms with Crippen molar-refractivity contribution < 1.29 is 19.2 Å². The van der Waals surface area contributed by atoms with Crippen molar-refractivity contribution in [1.82, 2.24) is 15.5 Å². The summed E-state index contributed by atoms with van der Waals surface area (Å²) < 4.78 is 0. The van der Waals surface area contributed by atoms with Gasteiger partial charge in [-0.3, -0.25) is 19.7 Å². The molecule has 2 aliphatic rings. The number of carbonyl (C=O) groups is 4. The van der Waals surface area contributed by atoms with Crippen molar-refractivity contribution >= 4 is 52.4 Å². The van der Waals surface area contributed by atoms with E-state index in [1.807, 2.05) is 13.0 Å². The van der Waals surface area contributed by atoms with Crippen LogP contribution in [0.15, 0.2) is 24.3 Å². The first kappa shape index (κ1) is 21.3. The Hall–Kier alpha value is -2.91. The Bertz CT molecular complexity index is 1080. The van der Waals surface area contributed by atoms with Crippen LogP contribution < -0.4 is 16.0 Å². The van der Waals surface area contributed by atoms with Crippen LogP contribution in [0.3, 0.4) is 0 Å². The predicted octanol–water partition coefficient (Wildman–Crippen LogP) is 3.18. The van der Waals surface area contributed by atoms with Crippen LogP contribution in [0, 0.1) is 6.92 Å². The van der Waals surface area contributed by atoms with Gasteiger partial charge in [0.1, 0.15) is 6.04 Å². The number of anilines is 1. The molecule has 31 heavy (non-hydrogen) atoms. The van der Waals surface area contributed by atoms with Crippen LogP contribution >= 0.6 is 22.9 Å². The van der Waals surface area contributed by atoms with Gasteiger partial charge in [0, 0.05) is 26.9 Å². The second-order valence-corrected chi connectivity index (χ2v) is 9.20. The summed E-state index contributed by atoms with van der Waals surface area (Å²) in [5.74, 6) is -0.931. The van der Waals surface area contributed by atoms with E-state index in [0.717, 1.165) is 15.3 Å². The van der Waals surface area contributed by atoms with E-state index in [1.54, 1.807) is 18.2 Å². The Morgan fingerprint density at radius 1 is 1.29 bits per heavy atom. The summed E-state index contributed by atoms with van der Waals surface area (Å²) in [5.41, 5.74) is 2.07. The lowest BCUT2D eigenvalue weighted by Crippen LogP contribution is -2.47. The molecule has 1 saturated heterocycles. The van der Waals surface area contributed by atoms with Gasteiger partial charge in [0.2, 0.25) is 11.8 Å². The molecule has 10 heteroatoms. The minimum atomic E-state index is -0.632. The quantitative estimate of drug-likeness (QED) is 0.609. The van der Waals surface area contributed by atoms with Crippen molar-refractivity contribution in [3.05, 3.63) is 50.2 Å². The number of imide groups is 1. The smallest absolute Gasteiger partial charge is 0.319 e. The maximum Gasteiger partial charge on any atom is 0.319 e. The molecule has 0 bridgehead atoms. The van der Waals surface area contributed by atoms with Crippen LogP contribution in [0.5, 0.6) is 0 Å². The van der Waals surface area contributed by atoms with Crippen LogP contribution in [-0.4, -0.2) is 34.7 Å². The summed E-state index contributed by atoms with van der Waals surface area (Å²) in [6.45, 7) is 2.49. The van der Waals surface area contributed by atoms with Crippen molar-refractivity contribution in [3.63, 3.8) is 0 Å². The number of urea groups is 1. The van der Waals surface area contributed by atoms with Crippen LogP contribution in [0.4, 0.5) is 10.5 Å². The van der Waals surface area contributed by atoms with E-state index in [4.69, 9.17) is 11.6 Å². The van der Waals surface area contributed by atoms with Crippen LogP contribution in [-0.2, 0) is 22.7 Å². The molecule has 2 aromatic rings. The molecule has 0 saturated carbocycles. The van der Waals surface area contributed by atoms with E-state index in [0.29, 0.717) is 42.1 Å². The summed E-state index contributed by atoms with van der Waals surface area (Å²) in [5, 5.41) is 8.42. The molecule has 5 amide bonds. The highest BCUT2D eigenvalue weighted by Gasteiger charge is 2.39. The predicted molar refractivity (Wildman–Crippen MR) is 117 cm³/mol. The first-order valence-corrected chi connectivity index (χ1v) is 11.1. The maximum atomic E-state index is 12.8. The van der Waals surface area contributed by atoms with E-state index in [1.165, 1.54) is 16.2 Å². The van der Waals surface area contributed by atoms with Gasteiger partial charge in [0.05, 0.1) is 18.7 Å². The number of nitrogens with zero attached hydrogens (tertiary/aromatic N) is 1. The lowest BCUT2D eigenvalue weighted by molar-refractivity contribution is -0.132. The van der Waals surface area contributed by atoms with Crippen molar-refractivity contribution in [2.45, 2.75) is 45.3 Å².